The second-order valence-electron chi connectivity index (χ2n) is 5.35. The van der Waals surface area contributed by atoms with Crippen molar-refractivity contribution < 1.29 is 13.6 Å². The number of nitrogens with one attached hydrogen (secondary N) is 1. The van der Waals surface area contributed by atoms with Gasteiger partial charge in [0.2, 0.25) is 0 Å². The number of fused-ring (bicyclic) bond motifs is 1. The molecule has 0 radical (unpaired) electrons. The van der Waals surface area contributed by atoms with Gasteiger partial charge in [0.1, 0.15) is 17.2 Å². The Hall–Kier alpha value is -2.69. The molecule has 0 aliphatic carbocycles. The molecule has 0 aliphatic rings. The van der Waals surface area contributed by atoms with Crippen LogP contribution in [0.1, 0.15) is 16.1 Å². The van der Waals surface area contributed by atoms with E-state index < -0.39 is 23.1 Å². The minimum atomic E-state index is -0.856. The van der Waals surface area contributed by atoms with Gasteiger partial charge in [0.05, 0.1) is 0 Å². The number of para-hydroxylation sites is 1. The van der Waals surface area contributed by atoms with Crippen molar-refractivity contribution in [2.24, 2.45) is 0 Å². The van der Waals surface area contributed by atoms with E-state index in [1.165, 1.54) is 6.07 Å². The first-order valence-electron chi connectivity index (χ1n) is 7.35. The van der Waals surface area contributed by atoms with E-state index in [-0.39, 0.29) is 6.54 Å². The van der Waals surface area contributed by atoms with Gasteiger partial charge < -0.3 is 9.88 Å². The van der Waals surface area contributed by atoms with Gasteiger partial charge in [-0.15, -0.1) is 0 Å². The molecule has 0 saturated carbocycles. The molecule has 3 nitrogen and oxygen atoms in total. The maximum Gasteiger partial charge on any atom is 0.257 e. The molecule has 0 fully saturated rings. The van der Waals surface area contributed by atoms with Gasteiger partial charge in [0.15, 0.2) is 0 Å². The van der Waals surface area contributed by atoms with Crippen LogP contribution in [-0.2, 0) is 6.54 Å². The summed E-state index contributed by atoms with van der Waals surface area (Å²) in [6.07, 6.45) is 0. The molecule has 1 N–H and O–H groups in total. The Balaban J connectivity index is 1.72. The smallest absolute Gasteiger partial charge is 0.257 e. The predicted octanol–water partition coefficient (Wildman–Crippen LogP) is 3.66. The summed E-state index contributed by atoms with van der Waals surface area (Å²) in [5.74, 6) is -2.45. The molecule has 0 atom stereocenters. The average molecular weight is 314 g/mol. The Morgan fingerprint density at radius 3 is 2.52 bits per heavy atom. The summed E-state index contributed by atoms with van der Waals surface area (Å²) in [6.45, 7) is 2.80. The van der Waals surface area contributed by atoms with Crippen molar-refractivity contribution in [3.8, 4) is 0 Å². The molecule has 0 unspecified atom stereocenters. The van der Waals surface area contributed by atoms with Gasteiger partial charge in [-0.3, -0.25) is 4.79 Å². The molecular weight excluding hydrogens is 298 g/mol. The molecular formula is C18H16F2N2O. The minimum Gasteiger partial charge on any atom is -0.350 e. The fourth-order valence-electron chi connectivity index (χ4n) is 2.73. The van der Waals surface area contributed by atoms with Crippen LogP contribution in [0.3, 0.4) is 0 Å². The van der Waals surface area contributed by atoms with Crippen molar-refractivity contribution >= 4 is 16.8 Å². The monoisotopic (exact) mass is 314 g/mol. The molecule has 1 amide bonds. The van der Waals surface area contributed by atoms with Crippen molar-refractivity contribution in [2.75, 3.05) is 6.54 Å². The third-order valence-electron chi connectivity index (χ3n) is 3.83. The summed E-state index contributed by atoms with van der Waals surface area (Å²) >= 11 is 0. The quantitative estimate of drug-likeness (QED) is 0.783. The molecule has 118 valence electrons. The van der Waals surface area contributed by atoms with Crippen LogP contribution in [0.25, 0.3) is 10.9 Å². The maximum absolute atomic E-state index is 13.6. The Kier molecular flexibility index (Phi) is 4.10. The van der Waals surface area contributed by atoms with Gasteiger partial charge in [0.25, 0.3) is 5.91 Å². The summed E-state index contributed by atoms with van der Waals surface area (Å²) in [4.78, 5) is 12.0. The van der Waals surface area contributed by atoms with Crippen molar-refractivity contribution in [1.29, 1.82) is 0 Å². The first kappa shape index (κ1) is 15.2. The van der Waals surface area contributed by atoms with E-state index in [4.69, 9.17) is 0 Å². The number of amides is 1. The van der Waals surface area contributed by atoms with Crippen molar-refractivity contribution in [3.63, 3.8) is 0 Å². The Morgan fingerprint density at radius 2 is 1.78 bits per heavy atom. The van der Waals surface area contributed by atoms with Gasteiger partial charge in [-0.2, -0.15) is 0 Å². The SMILES string of the molecule is Cc1cc2ccccc2n1CCNC(=O)c1c(F)cccc1F. The van der Waals surface area contributed by atoms with Crippen molar-refractivity contribution in [3.05, 3.63) is 71.4 Å². The molecule has 5 heteroatoms. The molecule has 23 heavy (non-hydrogen) atoms. The van der Waals surface area contributed by atoms with Crippen LogP contribution in [-0.4, -0.2) is 17.0 Å². The van der Waals surface area contributed by atoms with E-state index in [0.29, 0.717) is 6.54 Å². The first-order valence-corrected chi connectivity index (χ1v) is 7.35. The lowest BCUT2D eigenvalue weighted by molar-refractivity contribution is 0.0944. The van der Waals surface area contributed by atoms with E-state index in [0.717, 1.165) is 28.7 Å². The van der Waals surface area contributed by atoms with Gasteiger partial charge in [-0.25, -0.2) is 8.78 Å². The molecule has 1 aromatic heterocycles. The van der Waals surface area contributed by atoms with Gasteiger partial charge >= 0.3 is 0 Å². The van der Waals surface area contributed by atoms with Crippen LogP contribution >= 0.6 is 0 Å². The lowest BCUT2D eigenvalue weighted by Gasteiger charge is -2.10. The number of rotatable bonds is 4. The van der Waals surface area contributed by atoms with E-state index in [1.807, 2.05) is 31.2 Å². The molecule has 0 saturated heterocycles. The molecule has 1 heterocycles. The number of aryl methyl sites for hydroxylation is 1. The summed E-state index contributed by atoms with van der Waals surface area (Å²) in [5, 5.41) is 3.69. The number of aromatic nitrogens is 1. The molecule has 0 bridgehead atoms. The highest BCUT2D eigenvalue weighted by Crippen LogP contribution is 2.18. The number of nitrogens with zero attached hydrogens (tertiary/aromatic N) is 1. The average Bonchev–Trinajstić information content (AvgIpc) is 2.83. The van der Waals surface area contributed by atoms with E-state index in [9.17, 15) is 13.6 Å². The van der Waals surface area contributed by atoms with Crippen LogP contribution in [0.2, 0.25) is 0 Å². The third-order valence-corrected chi connectivity index (χ3v) is 3.83. The Morgan fingerprint density at radius 1 is 1.09 bits per heavy atom. The van der Waals surface area contributed by atoms with Crippen molar-refractivity contribution in [1.82, 2.24) is 9.88 Å². The number of halogens is 2. The zero-order chi connectivity index (χ0) is 16.4. The summed E-state index contributed by atoms with van der Waals surface area (Å²) in [7, 11) is 0. The zero-order valence-electron chi connectivity index (χ0n) is 12.6. The number of hydrogen-bond donors (Lipinski definition) is 1. The van der Waals surface area contributed by atoms with Crippen molar-refractivity contribution in [2.45, 2.75) is 13.5 Å². The van der Waals surface area contributed by atoms with Crippen LogP contribution in [0.4, 0.5) is 8.78 Å². The molecule has 0 spiro atoms. The molecule has 2 aromatic carbocycles. The highest BCUT2D eigenvalue weighted by atomic mass is 19.1. The van der Waals surface area contributed by atoms with Crippen LogP contribution in [0, 0.1) is 18.6 Å². The van der Waals surface area contributed by atoms with E-state index in [1.54, 1.807) is 0 Å². The van der Waals surface area contributed by atoms with E-state index in [2.05, 4.69) is 16.0 Å². The Labute approximate surface area is 132 Å². The van der Waals surface area contributed by atoms with Crippen LogP contribution < -0.4 is 5.32 Å². The van der Waals surface area contributed by atoms with Crippen LogP contribution in [0.15, 0.2) is 48.5 Å². The zero-order valence-corrected chi connectivity index (χ0v) is 12.6. The second-order valence-corrected chi connectivity index (χ2v) is 5.35. The number of carbonyl (C=O) groups excluding carboxylic acids is 1. The fourth-order valence-corrected chi connectivity index (χ4v) is 2.73. The lowest BCUT2D eigenvalue weighted by Crippen LogP contribution is -2.29. The van der Waals surface area contributed by atoms with Crippen LogP contribution in [0.5, 0.6) is 0 Å². The molecule has 3 aromatic rings. The summed E-state index contributed by atoms with van der Waals surface area (Å²) in [5.41, 5.74) is 1.59. The maximum atomic E-state index is 13.6. The topological polar surface area (TPSA) is 34.0 Å². The Bertz CT molecular complexity index is 850. The second kappa shape index (κ2) is 6.20. The third kappa shape index (κ3) is 2.95. The molecule has 0 aliphatic heterocycles. The highest BCUT2D eigenvalue weighted by Gasteiger charge is 2.16. The van der Waals surface area contributed by atoms with Gasteiger partial charge in [-0.05, 0) is 36.6 Å². The minimum absolute atomic E-state index is 0.284. The highest BCUT2D eigenvalue weighted by molar-refractivity contribution is 5.94. The predicted molar refractivity (Wildman–Crippen MR) is 85.4 cm³/mol. The largest absolute Gasteiger partial charge is 0.350 e. The standard InChI is InChI=1S/C18H16F2N2O/c1-12-11-13-5-2-3-8-16(13)22(12)10-9-21-18(23)17-14(19)6-4-7-15(17)20/h2-8,11H,9-10H2,1H3,(H,21,23). The molecule has 3 rings (SSSR count). The normalized spacial score (nSPS) is 10.9. The van der Waals surface area contributed by atoms with Gasteiger partial charge in [-0.1, -0.05) is 24.3 Å². The van der Waals surface area contributed by atoms with Gasteiger partial charge in [0, 0.05) is 24.3 Å². The lowest BCUT2D eigenvalue weighted by atomic mass is 10.2. The number of benzene rings is 2. The number of carbonyl (C=O) groups is 1. The number of hydrogen-bond acceptors (Lipinski definition) is 1. The first-order chi connectivity index (χ1) is 11.1. The summed E-state index contributed by atoms with van der Waals surface area (Å²) in [6, 6.07) is 13.4. The summed E-state index contributed by atoms with van der Waals surface area (Å²) < 4.78 is 29.2. The van der Waals surface area contributed by atoms with E-state index >= 15 is 0 Å². The fraction of sp³-hybridized carbons (Fsp3) is 0.167.